The highest BCUT2D eigenvalue weighted by Crippen LogP contribution is 2.24. The number of aromatic nitrogens is 2. The van der Waals surface area contributed by atoms with E-state index in [1.54, 1.807) is 7.11 Å². The monoisotopic (exact) mass is 238 g/mol. The summed E-state index contributed by atoms with van der Waals surface area (Å²) in [6.45, 7) is -0.157. The Morgan fingerprint density at radius 3 is 2.94 bits per heavy atom. The molecule has 0 saturated heterocycles. The van der Waals surface area contributed by atoms with Crippen LogP contribution in [0.4, 0.5) is 0 Å². The standard InChI is InChI=1S/C11H11ClN2O2/c1-16-8-4-2-3-7(5-8)11-13-9(6-15)10(12)14-11/h2-5,15H,6H2,1H3,(H,13,14). The van der Waals surface area contributed by atoms with Gasteiger partial charge in [-0.25, -0.2) is 4.98 Å². The fourth-order valence-corrected chi connectivity index (χ4v) is 1.59. The lowest BCUT2D eigenvalue weighted by Gasteiger charge is -2.01. The minimum absolute atomic E-state index is 0.157. The van der Waals surface area contributed by atoms with Crippen molar-refractivity contribution in [2.45, 2.75) is 6.61 Å². The zero-order chi connectivity index (χ0) is 11.5. The molecule has 2 N–H and O–H groups in total. The minimum atomic E-state index is -0.157. The lowest BCUT2D eigenvalue weighted by Crippen LogP contribution is -1.86. The molecule has 2 aromatic rings. The molecule has 16 heavy (non-hydrogen) atoms. The number of H-pyrrole nitrogens is 1. The van der Waals surface area contributed by atoms with Crippen molar-refractivity contribution in [3.05, 3.63) is 35.1 Å². The fourth-order valence-electron chi connectivity index (χ4n) is 1.40. The molecule has 4 nitrogen and oxygen atoms in total. The second-order valence-corrected chi connectivity index (χ2v) is 3.60. The smallest absolute Gasteiger partial charge is 0.153 e. The molecule has 0 bridgehead atoms. The highest BCUT2D eigenvalue weighted by Gasteiger charge is 2.09. The highest BCUT2D eigenvalue weighted by molar-refractivity contribution is 6.30. The first-order valence-corrected chi connectivity index (χ1v) is 5.12. The van der Waals surface area contributed by atoms with Crippen LogP contribution in [0.5, 0.6) is 5.75 Å². The van der Waals surface area contributed by atoms with E-state index in [-0.39, 0.29) is 6.61 Å². The Labute approximate surface area is 97.9 Å². The number of nitrogens with zero attached hydrogens (tertiary/aromatic N) is 1. The van der Waals surface area contributed by atoms with Crippen LogP contribution in [0.1, 0.15) is 5.69 Å². The van der Waals surface area contributed by atoms with Gasteiger partial charge in [0.25, 0.3) is 0 Å². The van der Waals surface area contributed by atoms with Crippen LogP contribution in [-0.2, 0) is 6.61 Å². The molecule has 1 aromatic heterocycles. The van der Waals surface area contributed by atoms with Crippen molar-refractivity contribution in [2.24, 2.45) is 0 Å². The summed E-state index contributed by atoms with van der Waals surface area (Å²) in [7, 11) is 1.60. The molecular weight excluding hydrogens is 228 g/mol. The summed E-state index contributed by atoms with van der Waals surface area (Å²) in [5.41, 5.74) is 1.38. The van der Waals surface area contributed by atoms with Gasteiger partial charge in [0.05, 0.1) is 19.4 Å². The summed E-state index contributed by atoms with van der Waals surface area (Å²) < 4.78 is 5.12. The number of aliphatic hydroxyl groups is 1. The number of hydrogen-bond donors (Lipinski definition) is 2. The highest BCUT2D eigenvalue weighted by atomic mass is 35.5. The molecule has 0 spiro atoms. The number of aromatic amines is 1. The van der Waals surface area contributed by atoms with E-state index in [2.05, 4.69) is 9.97 Å². The summed E-state index contributed by atoms with van der Waals surface area (Å²) >= 11 is 5.84. The van der Waals surface area contributed by atoms with Crippen LogP contribution < -0.4 is 4.74 Å². The Morgan fingerprint density at radius 2 is 2.31 bits per heavy atom. The van der Waals surface area contributed by atoms with Crippen molar-refractivity contribution in [3.8, 4) is 17.1 Å². The van der Waals surface area contributed by atoms with Crippen molar-refractivity contribution >= 4 is 11.6 Å². The molecule has 84 valence electrons. The summed E-state index contributed by atoms with van der Waals surface area (Å²) in [6.07, 6.45) is 0. The zero-order valence-electron chi connectivity index (χ0n) is 8.70. The molecule has 1 heterocycles. The van der Waals surface area contributed by atoms with Crippen LogP contribution in [0.3, 0.4) is 0 Å². The molecule has 5 heteroatoms. The summed E-state index contributed by atoms with van der Waals surface area (Å²) in [5, 5.41) is 9.29. The van der Waals surface area contributed by atoms with Crippen LogP contribution >= 0.6 is 11.6 Å². The maximum atomic E-state index is 9.00. The number of imidazole rings is 1. The summed E-state index contributed by atoms with van der Waals surface area (Å²) in [6, 6.07) is 7.44. The molecule has 0 radical (unpaired) electrons. The first-order valence-electron chi connectivity index (χ1n) is 4.74. The Hall–Kier alpha value is -1.52. The second kappa shape index (κ2) is 4.55. The fraction of sp³-hybridized carbons (Fsp3) is 0.182. The second-order valence-electron chi connectivity index (χ2n) is 3.24. The lowest BCUT2D eigenvalue weighted by molar-refractivity contribution is 0.277. The molecule has 0 saturated carbocycles. The van der Waals surface area contributed by atoms with E-state index in [1.807, 2.05) is 24.3 Å². The van der Waals surface area contributed by atoms with Crippen LogP contribution in [0.25, 0.3) is 11.4 Å². The number of aliphatic hydroxyl groups excluding tert-OH is 1. The van der Waals surface area contributed by atoms with E-state index in [1.165, 1.54) is 0 Å². The maximum absolute atomic E-state index is 9.00. The van der Waals surface area contributed by atoms with Gasteiger partial charge in [-0.1, -0.05) is 23.7 Å². The molecule has 2 rings (SSSR count). The van der Waals surface area contributed by atoms with Crippen LogP contribution in [0.15, 0.2) is 24.3 Å². The van der Waals surface area contributed by atoms with Gasteiger partial charge in [-0.3, -0.25) is 0 Å². The van der Waals surface area contributed by atoms with Gasteiger partial charge in [0.1, 0.15) is 11.6 Å². The number of hydrogen-bond acceptors (Lipinski definition) is 3. The van der Waals surface area contributed by atoms with Crippen LogP contribution in [-0.4, -0.2) is 22.2 Å². The van der Waals surface area contributed by atoms with Crippen LogP contribution in [0.2, 0.25) is 5.15 Å². The summed E-state index contributed by atoms with van der Waals surface area (Å²) in [5.74, 6) is 1.36. The Morgan fingerprint density at radius 1 is 1.50 bits per heavy atom. The number of rotatable bonds is 3. The van der Waals surface area contributed by atoms with Gasteiger partial charge < -0.3 is 14.8 Å². The van der Waals surface area contributed by atoms with Gasteiger partial charge in [-0.2, -0.15) is 0 Å². The lowest BCUT2D eigenvalue weighted by atomic mass is 10.2. The first-order chi connectivity index (χ1) is 7.74. The van der Waals surface area contributed by atoms with Gasteiger partial charge in [0, 0.05) is 5.56 Å². The van der Waals surface area contributed by atoms with E-state index in [0.717, 1.165) is 11.3 Å². The molecule has 1 aromatic carbocycles. The number of nitrogens with one attached hydrogen (secondary N) is 1. The number of benzene rings is 1. The zero-order valence-corrected chi connectivity index (χ0v) is 9.45. The maximum Gasteiger partial charge on any atom is 0.153 e. The minimum Gasteiger partial charge on any atom is -0.497 e. The quantitative estimate of drug-likeness (QED) is 0.862. The molecular formula is C11H11ClN2O2. The van der Waals surface area contributed by atoms with Crippen molar-refractivity contribution < 1.29 is 9.84 Å². The first kappa shape index (κ1) is 11.0. The van der Waals surface area contributed by atoms with Crippen molar-refractivity contribution in [3.63, 3.8) is 0 Å². The van der Waals surface area contributed by atoms with Gasteiger partial charge in [0.2, 0.25) is 0 Å². The topological polar surface area (TPSA) is 58.1 Å². The van der Waals surface area contributed by atoms with Gasteiger partial charge in [0.15, 0.2) is 5.15 Å². The molecule has 0 amide bonds. The van der Waals surface area contributed by atoms with E-state index < -0.39 is 0 Å². The van der Waals surface area contributed by atoms with Crippen molar-refractivity contribution in [2.75, 3.05) is 7.11 Å². The van der Waals surface area contributed by atoms with E-state index >= 15 is 0 Å². The molecule has 0 aliphatic heterocycles. The third-order valence-corrected chi connectivity index (χ3v) is 2.54. The van der Waals surface area contributed by atoms with Crippen molar-refractivity contribution in [1.29, 1.82) is 0 Å². The molecule has 0 atom stereocenters. The van der Waals surface area contributed by atoms with Crippen molar-refractivity contribution in [1.82, 2.24) is 9.97 Å². The Balaban J connectivity index is 2.41. The summed E-state index contributed by atoms with van der Waals surface area (Å²) in [4.78, 5) is 7.07. The van der Waals surface area contributed by atoms with Gasteiger partial charge in [-0.15, -0.1) is 0 Å². The molecule has 0 unspecified atom stereocenters. The largest absolute Gasteiger partial charge is 0.497 e. The number of ether oxygens (including phenoxy) is 1. The molecule has 0 aliphatic rings. The predicted octanol–water partition coefficient (Wildman–Crippen LogP) is 2.23. The third-order valence-electron chi connectivity index (χ3n) is 2.23. The van der Waals surface area contributed by atoms with E-state index in [9.17, 15) is 0 Å². The third kappa shape index (κ3) is 2.03. The van der Waals surface area contributed by atoms with E-state index in [4.69, 9.17) is 21.4 Å². The SMILES string of the molecule is COc1cccc(-c2nc(Cl)c(CO)[nH]2)c1. The predicted molar refractivity (Wildman–Crippen MR) is 61.5 cm³/mol. The average Bonchev–Trinajstić information content (AvgIpc) is 2.71. The average molecular weight is 239 g/mol. The van der Waals surface area contributed by atoms with Crippen LogP contribution in [0, 0.1) is 0 Å². The number of methoxy groups -OCH3 is 1. The normalized spacial score (nSPS) is 10.4. The Bertz CT molecular complexity index is 496. The van der Waals surface area contributed by atoms with Gasteiger partial charge in [-0.05, 0) is 12.1 Å². The Kier molecular flexibility index (Phi) is 3.12. The molecule has 0 fully saturated rings. The number of halogens is 1. The van der Waals surface area contributed by atoms with Gasteiger partial charge >= 0.3 is 0 Å². The van der Waals surface area contributed by atoms with E-state index in [0.29, 0.717) is 16.7 Å². The molecule has 0 aliphatic carbocycles.